The summed E-state index contributed by atoms with van der Waals surface area (Å²) >= 11 is 0. The molecule has 1 aliphatic carbocycles. The minimum Gasteiger partial charge on any atom is -0.316 e. The molecule has 1 nitrogen and oxygen atoms in total. The number of ether oxygens (including phenoxy) is 1. The van der Waals surface area contributed by atoms with Crippen LogP contribution >= 0.6 is 0 Å². The van der Waals surface area contributed by atoms with Crippen molar-refractivity contribution in [2.75, 3.05) is 0 Å². The van der Waals surface area contributed by atoms with E-state index in [0.29, 0.717) is 30.9 Å². The van der Waals surface area contributed by atoms with Gasteiger partial charge in [0, 0.05) is 6.42 Å². The van der Waals surface area contributed by atoms with Crippen LogP contribution in [0.15, 0.2) is 30.9 Å². The van der Waals surface area contributed by atoms with Crippen molar-refractivity contribution >= 4 is 0 Å². The molecule has 0 N–H and O–H groups in total. The van der Waals surface area contributed by atoms with Gasteiger partial charge in [-0.1, -0.05) is 25.0 Å². The fourth-order valence-corrected chi connectivity index (χ4v) is 3.54. The van der Waals surface area contributed by atoms with Crippen molar-refractivity contribution in [2.24, 2.45) is 11.8 Å². The Morgan fingerprint density at radius 3 is 2.22 bits per heavy atom. The monoisotopic (exact) mass is 394 g/mol. The molecule has 1 aromatic carbocycles. The van der Waals surface area contributed by atoms with E-state index in [1.54, 1.807) is 0 Å². The zero-order chi connectivity index (χ0) is 20.1. The Kier molecular flexibility index (Phi) is 7.37. The number of benzene rings is 1. The first-order valence-corrected chi connectivity index (χ1v) is 9.09. The molecule has 0 unspecified atom stereocenters. The molecule has 0 saturated heterocycles. The minimum absolute atomic E-state index is 0.0618. The molecule has 1 aromatic rings. The highest BCUT2D eigenvalue weighted by molar-refractivity contribution is 5.26. The highest BCUT2D eigenvalue weighted by Gasteiger charge is 2.36. The number of allylic oxidation sites excluding steroid dienone is 1. The van der Waals surface area contributed by atoms with Gasteiger partial charge in [0.2, 0.25) is 0 Å². The van der Waals surface area contributed by atoms with Gasteiger partial charge in [-0.2, -0.15) is 22.0 Å². The van der Waals surface area contributed by atoms with Crippen LogP contribution in [0.1, 0.15) is 56.1 Å². The maximum Gasteiger partial charge on any atom is 0.419 e. The second kappa shape index (κ2) is 9.13. The van der Waals surface area contributed by atoms with Crippen LogP contribution in [-0.2, 0) is 17.5 Å². The van der Waals surface area contributed by atoms with Crippen LogP contribution in [0.3, 0.4) is 0 Å². The molecule has 27 heavy (non-hydrogen) atoms. The van der Waals surface area contributed by atoms with Crippen molar-refractivity contribution < 1.29 is 31.1 Å². The molecule has 7 heteroatoms. The van der Waals surface area contributed by atoms with E-state index in [-0.39, 0.29) is 11.5 Å². The average molecular weight is 394 g/mol. The Balaban J connectivity index is 1.83. The smallest absolute Gasteiger partial charge is 0.316 e. The molecule has 0 heterocycles. The molecular weight excluding hydrogens is 370 g/mol. The Bertz CT molecular complexity index is 617. The lowest BCUT2D eigenvalue weighted by Gasteiger charge is -2.30. The molecule has 0 radical (unpaired) electrons. The first-order chi connectivity index (χ1) is 12.6. The molecule has 0 amide bonds. The first kappa shape index (κ1) is 21.8. The molecule has 0 spiro atoms. The highest BCUT2D eigenvalue weighted by Crippen LogP contribution is 2.38. The number of halogens is 6. The van der Waals surface area contributed by atoms with E-state index in [4.69, 9.17) is 0 Å². The normalized spacial score (nSPS) is 21.3. The van der Waals surface area contributed by atoms with E-state index in [2.05, 4.69) is 11.3 Å². The predicted octanol–water partition coefficient (Wildman–Crippen LogP) is 7.12. The fraction of sp³-hybridized carbons (Fsp3) is 0.600. The molecule has 0 aliphatic heterocycles. The van der Waals surface area contributed by atoms with Gasteiger partial charge in [0.15, 0.2) is 0 Å². The molecule has 0 atom stereocenters. The molecule has 152 valence electrons. The lowest BCUT2D eigenvalue weighted by Crippen LogP contribution is -2.27. The highest BCUT2D eigenvalue weighted by atomic mass is 19.4. The average Bonchev–Trinajstić information content (AvgIpc) is 2.58. The second-order valence-corrected chi connectivity index (χ2v) is 7.19. The minimum atomic E-state index is -4.82. The van der Waals surface area contributed by atoms with Gasteiger partial charge in [0.05, 0.1) is 12.2 Å². The number of rotatable bonds is 8. The third kappa shape index (κ3) is 6.87. The fourth-order valence-electron chi connectivity index (χ4n) is 3.54. The summed E-state index contributed by atoms with van der Waals surface area (Å²) in [6.07, 6.45) is -1.61. The Labute approximate surface area is 155 Å². The summed E-state index contributed by atoms with van der Waals surface area (Å²) in [6.45, 7) is 3.04. The maximum atomic E-state index is 14.1. The first-order valence-electron chi connectivity index (χ1n) is 9.09. The van der Waals surface area contributed by atoms with Gasteiger partial charge in [0.25, 0.3) is 0 Å². The quantitative estimate of drug-likeness (QED) is 0.337. The molecular formula is C20H24F6O. The van der Waals surface area contributed by atoms with E-state index < -0.39 is 36.7 Å². The zero-order valence-electron chi connectivity index (χ0n) is 15.0. The Morgan fingerprint density at radius 1 is 1.04 bits per heavy atom. The summed E-state index contributed by atoms with van der Waals surface area (Å²) in [7, 11) is 0. The van der Waals surface area contributed by atoms with E-state index in [0.717, 1.165) is 31.7 Å². The summed E-state index contributed by atoms with van der Waals surface area (Å²) in [5, 5.41) is 0. The largest absolute Gasteiger partial charge is 0.419 e. The van der Waals surface area contributed by atoms with Crippen molar-refractivity contribution in [3.8, 4) is 0 Å². The number of hydrogen-bond acceptors (Lipinski definition) is 1. The third-order valence-electron chi connectivity index (χ3n) is 5.06. The van der Waals surface area contributed by atoms with E-state index in [1.807, 2.05) is 6.08 Å². The van der Waals surface area contributed by atoms with Crippen molar-refractivity contribution in [3.05, 3.63) is 47.8 Å². The van der Waals surface area contributed by atoms with Crippen LogP contribution in [0.25, 0.3) is 0 Å². The molecule has 1 saturated carbocycles. The SMILES string of the molecule is C=CCC[C@H]1CC[C@H](CC(F)(F)OCc2ccc(C(F)(F)F)c(F)c2)CC1. The second-order valence-electron chi connectivity index (χ2n) is 7.19. The van der Waals surface area contributed by atoms with E-state index >= 15 is 0 Å². The van der Waals surface area contributed by atoms with Crippen LogP contribution in [0.5, 0.6) is 0 Å². The van der Waals surface area contributed by atoms with Crippen molar-refractivity contribution in [3.63, 3.8) is 0 Å². The van der Waals surface area contributed by atoms with Gasteiger partial charge in [-0.3, -0.25) is 0 Å². The maximum absolute atomic E-state index is 14.1. The van der Waals surface area contributed by atoms with Gasteiger partial charge >= 0.3 is 12.3 Å². The van der Waals surface area contributed by atoms with Crippen LogP contribution < -0.4 is 0 Å². The Morgan fingerprint density at radius 2 is 1.67 bits per heavy atom. The van der Waals surface area contributed by atoms with Gasteiger partial charge in [-0.05, 0) is 55.2 Å². The van der Waals surface area contributed by atoms with Crippen molar-refractivity contribution in [1.82, 2.24) is 0 Å². The van der Waals surface area contributed by atoms with Gasteiger partial charge in [0.1, 0.15) is 5.82 Å². The summed E-state index contributed by atoms with van der Waals surface area (Å²) in [5.41, 5.74) is -1.49. The summed E-state index contributed by atoms with van der Waals surface area (Å²) < 4.78 is 83.7. The lowest BCUT2D eigenvalue weighted by molar-refractivity contribution is -0.256. The van der Waals surface area contributed by atoms with Crippen LogP contribution in [0.4, 0.5) is 26.3 Å². The lowest BCUT2D eigenvalue weighted by atomic mass is 9.78. The molecule has 0 aromatic heterocycles. The molecule has 1 aliphatic rings. The Hall–Kier alpha value is -1.50. The molecule has 0 bridgehead atoms. The third-order valence-corrected chi connectivity index (χ3v) is 5.06. The topological polar surface area (TPSA) is 9.23 Å². The van der Waals surface area contributed by atoms with Crippen molar-refractivity contribution in [1.29, 1.82) is 0 Å². The summed E-state index contributed by atoms with van der Waals surface area (Å²) in [5.74, 6) is -1.10. The standard InChI is InChI=1S/C20H24F6O/c1-2-3-4-14-5-7-15(8-6-14)12-19(22,23)27-13-16-9-10-17(18(21)11-16)20(24,25)26/h2,9-11,14-15H,1,3-8,12-13H2/t14-,15-. The van der Waals surface area contributed by atoms with E-state index in [9.17, 15) is 26.3 Å². The van der Waals surface area contributed by atoms with Crippen LogP contribution in [0.2, 0.25) is 0 Å². The molecule has 2 rings (SSSR count). The van der Waals surface area contributed by atoms with Gasteiger partial charge < -0.3 is 4.74 Å². The van der Waals surface area contributed by atoms with Crippen LogP contribution in [-0.4, -0.2) is 6.11 Å². The number of hydrogen-bond donors (Lipinski definition) is 0. The van der Waals surface area contributed by atoms with Gasteiger partial charge in [-0.15, -0.1) is 6.58 Å². The van der Waals surface area contributed by atoms with Crippen molar-refractivity contribution in [2.45, 2.75) is 63.8 Å². The number of alkyl halides is 5. The van der Waals surface area contributed by atoms with Gasteiger partial charge in [-0.25, -0.2) is 4.39 Å². The summed E-state index contributed by atoms with van der Waals surface area (Å²) in [6, 6.07) is 2.08. The van der Waals surface area contributed by atoms with E-state index in [1.165, 1.54) is 0 Å². The summed E-state index contributed by atoms with van der Waals surface area (Å²) in [4.78, 5) is 0. The predicted molar refractivity (Wildman–Crippen MR) is 90.6 cm³/mol. The molecule has 1 fully saturated rings. The zero-order valence-corrected chi connectivity index (χ0v) is 15.0. The van der Waals surface area contributed by atoms with Crippen LogP contribution in [0, 0.1) is 17.7 Å².